The predicted molar refractivity (Wildman–Crippen MR) is 135 cm³/mol. The lowest BCUT2D eigenvalue weighted by Crippen LogP contribution is -2.26. The van der Waals surface area contributed by atoms with Crippen molar-refractivity contribution in [2.75, 3.05) is 39.6 Å². The molecule has 4 aromatic rings. The number of hydrogen-bond donors (Lipinski definition) is 0. The third kappa shape index (κ3) is 4.67. The maximum Gasteiger partial charge on any atom is 0.229 e. The summed E-state index contributed by atoms with van der Waals surface area (Å²) in [5.74, 6) is 3.35. The first-order valence-corrected chi connectivity index (χ1v) is 11.8. The number of fused-ring (bicyclic) bond motifs is 1. The smallest absolute Gasteiger partial charge is 0.229 e. The van der Waals surface area contributed by atoms with Crippen molar-refractivity contribution in [3.8, 4) is 27.7 Å². The van der Waals surface area contributed by atoms with Crippen LogP contribution in [0.4, 0.5) is 5.82 Å². The number of benzene rings is 2. The zero-order valence-electron chi connectivity index (χ0n) is 19.7. The number of hydrogen-bond acceptors (Lipinski definition) is 9. The molecule has 3 heterocycles. The second kappa shape index (κ2) is 10.1. The van der Waals surface area contributed by atoms with Crippen molar-refractivity contribution < 1.29 is 23.7 Å². The lowest BCUT2D eigenvalue weighted by Gasteiger charge is -2.24. The van der Waals surface area contributed by atoms with Crippen LogP contribution < -0.4 is 19.1 Å². The van der Waals surface area contributed by atoms with E-state index in [9.17, 15) is 0 Å². The van der Waals surface area contributed by atoms with Gasteiger partial charge in [-0.05, 0) is 29.3 Å². The van der Waals surface area contributed by atoms with Gasteiger partial charge in [-0.1, -0.05) is 30.3 Å². The molecule has 0 aliphatic carbocycles. The highest BCUT2D eigenvalue weighted by atomic mass is 32.1. The van der Waals surface area contributed by atoms with Crippen molar-refractivity contribution in [3.63, 3.8) is 0 Å². The van der Waals surface area contributed by atoms with Crippen LogP contribution in [-0.4, -0.2) is 44.6 Å². The van der Waals surface area contributed by atoms with E-state index >= 15 is 0 Å². The van der Waals surface area contributed by atoms with E-state index in [-0.39, 0.29) is 6.79 Å². The minimum absolute atomic E-state index is 0.234. The molecular weight excluding hydrogens is 466 g/mol. The molecule has 9 heteroatoms. The Kier molecular flexibility index (Phi) is 6.58. The van der Waals surface area contributed by atoms with Gasteiger partial charge in [-0.2, -0.15) is 0 Å². The molecule has 35 heavy (non-hydrogen) atoms. The van der Waals surface area contributed by atoms with Crippen LogP contribution in [0.25, 0.3) is 20.7 Å². The Morgan fingerprint density at radius 3 is 2.37 bits per heavy atom. The van der Waals surface area contributed by atoms with E-state index in [1.54, 1.807) is 45.3 Å². The summed E-state index contributed by atoms with van der Waals surface area (Å²) in [7, 11) is 4.82. The summed E-state index contributed by atoms with van der Waals surface area (Å²) in [4.78, 5) is 12.4. The largest absolute Gasteiger partial charge is 0.493 e. The molecule has 0 spiro atoms. The van der Waals surface area contributed by atoms with Crippen LogP contribution >= 0.6 is 11.3 Å². The fourth-order valence-corrected chi connectivity index (χ4v) is 5.10. The van der Waals surface area contributed by atoms with E-state index in [1.165, 1.54) is 5.56 Å². The standard InChI is InChI=1S/C26H25N3O5S/c1-30-21-9-18(10-22(31-2)24(21)32-3)23-11-20-25(35-23)26(28-15-27-20)29(13-19-14-33-16-34-19)12-17-7-5-4-6-8-17/h4-11,14-15H,12-13,16H2,1-3H3. The van der Waals surface area contributed by atoms with Crippen LogP contribution in [0.3, 0.4) is 0 Å². The van der Waals surface area contributed by atoms with Gasteiger partial charge in [0.25, 0.3) is 0 Å². The van der Waals surface area contributed by atoms with Crippen molar-refractivity contribution in [2.24, 2.45) is 0 Å². The highest BCUT2D eigenvalue weighted by molar-refractivity contribution is 7.22. The number of aromatic nitrogens is 2. The van der Waals surface area contributed by atoms with Crippen molar-refractivity contribution in [2.45, 2.75) is 6.54 Å². The van der Waals surface area contributed by atoms with Gasteiger partial charge in [-0.3, -0.25) is 0 Å². The van der Waals surface area contributed by atoms with E-state index in [2.05, 4.69) is 33.1 Å². The maximum absolute atomic E-state index is 5.62. The number of ether oxygens (including phenoxy) is 5. The van der Waals surface area contributed by atoms with Gasteiger partial charge in [-0.25, -0.2) is 9.97 Å². The summed E-state index contributed by atoms with van der Waals surface area (Å²) in [5.41, 5.74) is 2.97. The molecule has 0 saturated heterocycles. The lowest BCUT2D eigenvalue weighted by molar-refractivity contribution is 0.0797. The molecule has 8 nitrogen and oxygen atoms in total. The molecule has 0 bridgehead atoms. The van der Waals surface area contributed by atoms with Crippen molar-refractivity contribution in [1.82, 2.24) is 9.97 Å². The Bertz CT molecular complexity index is 1330. The number of anilines is 1. The number of methoxy groups -OCH3 is 3. The summed E-state index contributed by atoms with van der Waals surface area (Å²) in [5, 5.41) is 0. The molecule has 0 atom stereocenters. The van der Waals surface area contributed by atoms with Gasteiger partial charge < -0.3 is 28.6 Å². The first kappa shape index (κ1) is 22.8. The quantitative estimate of drug-likeness (QED) is 0.315. The van der Waals surface area contributed by atoms with Crippen LogP contribution in [0.2, 0.25) is 0 Å². The predicted octanol–water partition coefficient (Wildman–Crippen LogP) is 5.24. The third-order valence-electron chi connectivity index (χ3n) is 5.63. The minimum Gasteiger partial charge on any atom is -0.493 e. The molecule has 2 aromatic heterocycles. The molecule has 5 rings (SSSR count). The summed E-state index contributed by atoms with van der Waals surface area (Å²) in [6.07, 6.45) is 3.26. The first-order chi connectivity index (χ1) is 17.2. The van der Waals surface area contributed by atoms with Crippen molar-refractivity contribution >= 4 is 27.4 Å². The molecule has 1 aliphatic heterocycles. The maximum atomic E-state index is 5.62. The monoisotopic (exact) mass is 491 g/mol. The van der Waals surface area contributed by atoms with Crippen LogP contribution in [0.15, 0.2) is 66.9 Å². The number of rotatable bonds is 9. The van der Waals surface area contributed by atoms with Gasteiger partial charge in [0, 0.05) is 11.4 Å². The highest BCUT2D eigenvalue weighted by Crippen LogP contribution is 2.44. The Labute approximate surface area is 207 Å². The summed E-state index contributed by atoms with van der Waals surface area (Å²) < 4.78 is 28.5. The molecular formula is C26H25N3O5S. The third-order valence-corrected chi connectivity index (χ3v) is 6.80. The Hall–Kier alpha value is -3.98. The normalized spacial score (nSPS) is 12.6. The molecule has 0 unspecified atom stereocenters. The first-order valence-electron chi connectivity index (χ1n) is 11.0. The molecule has 0 saturated carbocycles. The fraction of sp³-hybridized carbons (Fsp3) is 0.231. The van der Waals surface area contributed by atoms with E-state index in [0.717, 1.165) is 32.2 Å². The topological polar surface area (TPSA) is 75.2 Å². The second-order valence-corrected chi connectivity index (χ2v) is 8.84. The van der Waals surface area contributed by atoms with Gasteiger partial charge in [0.1, 0.15) is 12.6 Å². The Morgan fingerprint density at radius 2 is 1.71 bits per heavy atom. The molecule has 0 radical (unpaired) electrons. The molecule has 0 N–H and O–H groups in total. The molecule has 0 amide bonds. The average Bonchev–Trinajstić information content (AvgIpc) is 3.58. The lowest BCUT2D eigenvalue weighted by atomic mass is 10.1. The number of thiophene rings is 1. The summed E-state index contributed by atoms with van der Waals surface area (Å²) in [6.45, 7) is 1.42. The van der Waals surface area contributed by atoms with Crippen LogP contribution in [0.1, 0.15) is 5.56 Å². The number of nitrogens with zero attached hydrogens (tertiary/aromatic N) is 3. The van der Waals surface area contributed by atoms with Gasteiger partial charge in [0.15, 0.2) is 23.1 Å². The zero-order chi connectivity index (χ0) is 24.2. The van der Waals surface area contributed by atoms with Gasteiger partial charge in [0.05, 0.1) is 38.1 Å². The SMILES string of the molecule is COc1cc(-c2cc3ncnc(N(CC4=COCO4)Cc4ccccc4)c3s2)cc(OC)c1OC. The van der Waals surface area contributed by atoms with E-state index in [4.69, 9.17) is 23.7 Å². The summed E-state index contributed by atoms with van der Waals surface area (Å²) >= 11 is 1.62. The van der Waals surface area contributed by atoms with Crippen molar-refractivity contribution in [1.29, 1.82) is 0 Å². The van der Waals surface area contributed by atoms with Crippen LogP contribution in [-0.2, 0) is 16.0 Å². The minimum atomic E-state index is 0.234. The van der Waals surface area contributed by atoms with E-state index < -0.39 is 0 Å². The average molecular weight is 492 g/mol. The van der Waals surface area contributed by atoms with E-state index in [0.29, 0.717) is 30.3 Å². The molecule has 2 aromatic carbocycles. The zero-order valence-corrected chi connectivity index (χ0v) is 20.5. The van der Waals surface area contributed by atoms with Crippen LogP contribution in [0, 0.1) is 0 Å². The Balaban J connectivity index is 1.57. The highest BCUT2D eigenvalue weighted by Gasteiger charge is 2.21. The fourth-order valence-electron chi connectivity index (χ4n) is 3.98. The van der Waals surface area contributed by atoms with Gasteiger partial charge in [0.2, 0.25) is 12.5 Å². The second-order valence-electron chi connectivity index (χ2n) is 7.79. The summed E-state index contributed by atoms with van der Waals surface area (Å²) in [6, 6.07) is 16.2. The molecule has 0 fully saturated rings. The van der Waals surface area contributed by atoms with Gasteiger partial charge >= 0.3 is 0 Å². The Morgan fingerprint density at radius 1 is 0.943 bits per heavy atom. The van der Waals surface area contributed by atoms with E-state index in [1.807, 2.05) is 30.3 Å². The molecule has 180 valence electrons. The molecule has 1 aliphatic rings. The van der Waals surface area contributed by atoms with Gasteiger partial charge in [-0.15, -0.1) is 11.3 Å². The van der Waals surface area contributed by atoms with Crippen molar-refractivity contribution in [3.05, 3.63) is 72.4 Å². The van der Waals surface area contributed by atoms with Crippen LogP contribution in [0.5, 0.6) is 17.2 Å².